The second-order valence-corrected chi connectivity index (χ2v) is 4.61. The van der Waals surface area contributed by atoms with Gasteiger partial charge in [0.2, 0.25) is 0 Å². The Labute approximate surface area is 89.6 Å². The maximum atomic E-state index is 5.19. The van der Waals surface area contributed by atoms with Gasteiger partial charge in [0.15, 0.2) is 0 Å². The topological polar surface area (TPSA) is 38.0 Å². The zero-order chi connectivity index (χ0) is 10.6. The molecule has 0 saturated heterocycles. The molecule has 0 aromatic carbocycles. The highest BCUT2D eigenvalue weighted by Crippen LogP contribution is 2.11. The first kappa shape index (κ1) is 13.9. The predicted octanol–water partition coefficient (Wildman–Crippen LogP) is 3.23. The molecule has 0 heterocycles. The molecule has 2 heteroatoms. The molecule has 0 aliphatic carbocycles. The van der Waals surface area contributed by atoms with Crippen LogP contribution in [0, 0.1) is 5.92 Å². The standard InChI is InChI=1S/C12H28N2/c1-12(2)10-8-6-4-3-5-7-9-11-14-13/h12,14H,3-11,13H2,1-2H3. The summed E-state index contributed by atoms with van der Waals surface area (Å²) in [4.78, 5) is 0. The number of nitrogens with one attached hydrogen (secondary N) is 1. The Kier molecular flexibility index (Phi) is 10.9. The molecular weight excluding hydrogens is 172 g/mol. The van der Waals surface area contributed by atoms with Gasteiger partial charge in [-0.05, 0) is 12.3 Å². The van der Waals surface area contributed by atoms with Crippen molar-refractivity contribution in [3.8, 4) is 0 Å². The lowest BCUT2D eigenvalue weighted by Crippen LogP contribution is -2.22. The summed E-state index contributed by atoms with van der Waals surface area (Å²) in [5, 5.41) is 0. The van der Waals surface area contributed by atoms with E-state index >= 15 is 0 Å². The monoisotopic (exact) mass is 200 g/mol. The first-order valence-electron chi connectivity index (χ1n) is 6.21. The van der Waals surface area contributed by atoms with Gasteiger partial charge in [-0.15, -0.1) is 0 Å². The fourth-order valence-corrected chi connectivity index (χ4v) is 1.66. The fourth-order valence-electron chi connectivity index (χ4n) is 1.66. The van der Waals surface area contributed by atoms with E-state index in [0.717, 1.165) is 12.5 Å². The summed E-state index contributed by atoms with van der Waals surface area (Å²) in [6.07, 6.45) is 11.0. The summed E-state index contributed by atoms with van der Waals surface area (Å²) in [6.45, 7) is 5.58. The van der Waals surface area contributed by atoms with Gasteiger partial charge in [-0.25, -0.2) is 0 Å². The molecule has 0 aliphatic rings. The van der Waals surface area contributed by atoms with Crippen molar-refractivity contribution in [1.82, 2.24) is 5.43 Å². The van der Waals surface area contributed by atoms with Crippen LogP contribution in [0.5, 0.6) is 0 Å². The van der Waals surface area contributed by atoms with Gasteiger partial charge < -0.3 is 0 Å². The van der Waals surface area contributed by atoms with Crippen molar-refractivity contribution in [2.24, 2.45) is 11.8 Å². The van der Waals surface area contributed by atoms with Crippen molar-refractivity contribution in [3.05, 3.63) is 0 Å². The van der Waals surface area contributed by atoms with Crippen molar-refractivity contribution >= 4 is 0 Å². The quantitative estimate of drug-likeness (QED) is 0.323. The Morgan fingerprint density at radius 1 is 0.857 bits per heavy atom. The first-order valence-corrected chi connectivity index (χ1v) is 6.21. The molecule has 0 atom stereocenters. The molecule has 0 unspecified atom stereocenters. The second kappa shape index (κ2) is 11.0. The van der Waals surface area contributed by atoms with E-state index in [1.54, 1.807) is 0 Å². The zero-order valence-electron chi connectivity index (χ0n) is 10.0. The van der Waals surface area contributed by atoms with Crippen molar-refractivity contribution < 1.29 is 0 Å². The normalized spacial score (nSPS) is 11.1. The second-order valence-electron chi connectivity index (χ2n) is 4.61. The molecule has 0 aromatic heterocycles. The Morgan fingerprint density at radius 2 is 1.36 bits per heavy atom. The molecule has 0 aliphatic heterocycles. The van der Waals surface area contributed by atoms with Crippen molar-refractivity contribution in [2.45, 2.75) is 65.2 Å². The van der Waals surface area contributed by atoms with Crippen LogP contribution in [0.4, 0.5) is 0 Å². The van der Waals surface area contributed by atoms with E-state index < -0.39 is 0 Å². The molecule has 3 N–H and O–H groups in total. The van der Waals surface area contributed by atoms with Crippen LogP contribution < -0.4 is 11.3 Å². The minimum atomic E-state index is 0.880. The van der Waals surface area contributed by atoms with Gasteiger partial charge in [0.05, 0.1) is 0 Å². The lowest BCUT2D eigenvalue weighted by atomic mass is 10.0. The van der Waals surface area contributed by atoms with Crippen LogP contribution >= 0.6 is 0 Å². The number of unbranched alkanes of at least 4 members (excludes halogenated alkanes) is 6. The van der Waals surface area contributed by atoms with E-state index in [9.17, 15) is 0 Å². The summed E-state index contributed by atoms with van der Waals surface area (Å²) in [7, 11) is 0. The Hall–Kier alpha value is -0.0800. The molecule has 86 valence electrons. The predicted molar refractivity (Wildman–Crippen MR) is 64.0 cm³/mol. The average Bonchev–Trinajstić information content (AvgIpc) is 2.15. The molecule has 0 aromatic rings. The van der Waals surface area contributed by atoms with Gasteiger partial charge in [-0.3, -0.25) is 11.3 Å². The van der Waals surface area contributed by atoms with Crippen LogP contribution in [0.1, 0.15) is 65.2 Å². The molecular formula is C12H28N2. The van der Waals surface area contributed by atoms with Gasteiger partial charge in [-0.2, -0.15) is 0 Å². The maximum Gasteiger partial charge on any atom is 0.00974 e. The van der Waals surface area contributed by atoms with Crippen LogP contribution in [0.25, 0.3) is 0 Å². The van der Waals surface area contributed by atoms with E-state index in [4.69, 9.17) is 5.84 Å². The summed E-state index contributed by atoms with van der Waals surface area (Å²) < 4.78 is 0. The van der Waals surface area contributed by atoms with E-state index in [1.165, 1.54) is 51.4 Å². The number of hydrogen-bond donors (Lipinski definition) is 2. The van der Waals surface area contributed by atoms with Crippen LogP contribution in [0.15, 0.2) is 0 Å². The highest BCUT2D eigenvalue weighted by molar-refractivity contribution is 4.49. The molecule has 0 bridgehead atoms. The summed E-state index contributed by atoms with van der Waals surface area (Å²) in [5.74, 6) is 6.07. The van der Waals surface area contributed by atoms with E-state index in [2.05, 4.69) is 19.3 Å². The van der Waals surface area contributed by atoms with E-state index in [1.807, 2.05) is 0 Å². The third-order valence-corrected chi connectivity index (χ3v) is 2.60. The minimum Gasteiger partial charge on any atom is -0.271 e. The summed E-state index contributed by atoms with van der Waals surface area (Å²) in [5.41, 5.74) is 2.69. The largest absolute Gasteiger partial charge is 0.271 e. The van der Waals surface area contributed by atoms with Crippen molar-refractivity contribution in [2.75, 3.05) is 6.54 Å². The zero-order valence-corrected chi connectivity index (χ0v) is 10.0. The molecule has 0 fully saturated rings. The average molecular weight is 200 g/mol. The van der Waals surface area contributed by atoms with Gasteiger partial charge in [0, 0.05) is 6.54 Å². The van der Waals surface area contributed by atoms with Crippen LogP contribution in [-0.4, -0.2) is 6.54 Å². The van der Waals surface area contributed by atoms with Crippen molar-refractivity contribution in [1.29, 1.82) is 0 Å². The Morgan fingerprint density at radius 3 is 1.86 bits per heavy atom. The first-order chi connectivity index (χ1) is 6.77. The van der Waals surface area contributed by atoms with Crippen LogP contribution in [-0.2, 0) is 0 Å². The molecule has 0 radical (unpaired) electrons. The molecule has 0 saturated carbocycles. The fraction of sp³-hybridized carbons (Fsp3) is 1.00. The third kappa shape index (κ3) is 11.9. The lowest BCUT2D eigenvalue weighted by molar-refractivity contribution is 0.507. The smallest absolute Gasteiger partial charge is 0.00974 e. The van der Waals surface area contributed by atoms with Gasteiger partial charge in [0.25, 0.3) is 0 Å². The minimum absolute atomic E-state index is 0.880. The molecule has 0 spiro atoms. The van der Waals surface area contributed by atoms with Gasteiger partial charge >= 0.3 is 0 Å². The Balaban J connectivity index is 2.85. The van der Waals surface area contributed by atoms with E-state index in [0.29, 0.717) is 0 Å². The molecule has 0 rings (SSSR count). The van der Waals surface area contributed by atoms with Crippen LogP contribution in [0.2, 0.25) is 0 Å². The number of nitrogens with two attached hydrogens (primary N) is 1. The summed E-state index contributed by atoms with van der Waals surface area (Å²) >= 11 is 0. The van der Waals surface area contributed by atoms with E-state index in [-0.39, 0.29) is 0 Å². The molecule has 2 nitrogen and oxygen atoms in total. The molecule has 0 amide bonds. The third-order valence-electron chi connectivity index (χ3n) is 2.60. The Bertz CT molecular complexity index is 102. The number of hydrazine groups is 1. The molecule has 14 heavy (non-hydrogen) atoms. The van der Waals surface area contributed by atoms with Crippen molar-refractivity contribution in [3.63, 3.8) is 0 Å². The SMILES string of the molecule is CC(C)CCCCCCCCCNN. The van der Waals surface area contributed by atoms with Gasteiger partial charge in [-0.1, -0.05) is 58.8 Å². The van der Waals surface area contributed by atoms with Crippen LogP contribution in [0.3, 0.4) is 0 Å². The maximum absolute atomic E-state index is 5.19. The highest BCUT2D eigenvalue weighted by atomic mass is 15.2. The number of hydrogen-bond acceptors (Lipinski definition) is 2. The highest BCUT2D eigenvalue weighted by Gasteiger charge is 1.94. The summed E-state index contributed by atoms with van der Waals surface area (Å²) in [6, 6.07) is 0. The van der Waals surface area contributed by atoms with Gasteiger partial charge in [0.1, 0.15) is 0 Å². The lowest BCUT2D eigenvalue weighted by Gasteiger charge is -2.04. The number of rotatable bonds is 10.